The number of pyridine rings is 1. The Morgan fingerprint density at radius 1 is 1.14 bits per heavy atom. The van der Waals surface area contributed by atoms with E-state index < -0.39 is 0 Å². The largest absolute Gasteiger partial charge is 0.491 e. The van der Waals surface area contributed by atoms with E-state index >= 15 is 0 Å². The topological polar surface area (TPSA) is 89.0 Å². The molecule has 1 aliphatic carbocycles. The number of hydrogen-bond donors (Lipinski definition) is 1. The number of nitrogens with zero attached hydrogens (tertiary/aromatic N) is 5. The van der Waals surface area contributed by atoms with Crippen LogP contribution in [-0.2, 0) is 30.7 Å². The Balaban J connectivity index is 1.38. The van der Waals surface area contributed by atoms with E-state index in [9.17, 15) is 0 Å². The Kier molecular flexibility index (Phi) is 5.63. The summed E-state index contributed by atoms with van der Waals surface area (Å²) in [6, 6.07) is 8.47. The average Bonchev–Trinajstić information content (AvgIpc) is 3.09. The molecule has 36 heavy (non-hydrogen) atoms. The van der Waals surface area contributed by atoms with Gasteiger partial charge < -0.3 is 19.4 Å². The number of aromatic nitrogens is 5. The second-order valence-corrected chi connectivity index (χ2v) is 10.7. The van der Waals surface area contributed by atoms with Gasteiger partial charge in [0.05, 0.1) is 6.54 Å². The third-order valence-electron chi connectivity index (χ3n) is 7.21. The number of H-pyrrole nitrogens is 1. The first kappa shape index (κ1) is 22.9. The van der Waals surface area contributed by atoms with Crippen molar-refractivity contribution in [2.75, 3.05) is 25.2 Å². The van der Waals surface area contributed by atoms with Gasteiger partial charge in [0.15, 0.2) is 11.5 Å². The summed E-state index contributed by atoms with van der Waals surface area (Å²) in [5.74, 6) is 3.56. The molecule has 6 rings (SSSR count). The van der Waals surface area contributed by atoms with E-state index in [2.05, 4.69) is 58.0 Å². The van der Waals surface area contributed by atoms with Crippen LogP contribution in [0.15, 0.2) is 30.5 Å². The first-order chi connectivity index (χ1) is 17.4. The number of methoxy groups -OCH3 is 1. The summed E-state index contributed by atoms with van der Waals surface area (Å²) in [5, 5.41) is 0. The van der Waals surface area contributed by atoms with Crippen LogP contribution in [0.3, 0.4) is 0 Å². The van der Waals surface area contributed by atoms with Gasteiger partial charge in [0.2, 0.25) is 0 Å². The van der Waals surface area contributed by atoms with Crippen molar-refractivity contribution in [2.45, 2.75) is 53.2 Å². The molecule has 1 aliphatic heterocycles. The number of benzene rings is 1. The van der Waals surface area contributed by atoms with E-state index in [1.807, 2.05) is 13.1 Å². The quantitative estimate of drug-likeness (QED) is 0.446. The lowest BCUT2D eigenvalue weighted by Crippen LogP contribution is -2.32. The standard InChI is InChI=1S/C28H32N6O2/c1-17-30-23-12-19(14-29-26(23)31-17)18-5-6-24-20(11-18)15-34(9-10-36-24)27-21-13-28(2,3)8-7-22(21)32-25(33-27)16-35-4/h5-6,11-12,14H,7-10,13,15-16H2,1-4H3,(H,29,30,31). The molecule has 2 aliphatic rings. The summed E-state index contributed by atoms with van der Waals surface area (Å²) >= 11 is 0. The number of imidazole rings is 1. The number of fused-ring (bicyclic) bond motifs is 3. The molecule has 8 nitrogen and oxygen atoms in total. The Bertz CT molecular complexity index is 1440. The fourth-order valence-corrected chi connectivity index (χ4v) is 5.36. The zero-order valence-corrected chi connectivity index (χ0v) is 21.4. The number of aromatic amines is 1. The van der Waals surface area contributed by atoms with Gasteiger partial charge in [-0.3, -0.25) is 0 Å². The third kappa shape index (κ3) is 4.30. The van der Waals surface area contributed by atoms with Crippen LogP contribution in [0.25, 0.3) is 22.3 Å². The molecule has 0 amide bonds. The van der Waals surface area contributed by atoms with Crippen LogP contribution >= 0.6 is 0 Å². The van der Waals surface area contributed by atoms with Crippen molar-refractivity contribution >= 4 is 17.0 Å². The van der Waals surface area contributed by atoms with Gasteiger partial charge in [0, 0.05) is 42.2 Å². The Labute approximate surface area is 211 Å². The monoisotopic (exact) mass is 484 g/mol. The van der Waals surface area contributed by atoms with Gasteiger partial charge in [-0.05, 0) is 55.4 Å². The van der Waals surface area contributed by atoms with E-state index in [4.69, 9.17) is 19.4 Å². The molecule has 3 aromatic heterocycles. The third-order valence-corrected chi connectivity index (χ3v) is 7.21. The molecule has 0 radical (unpaired) electrons. The maximum atomic E-state index is 6.18. The first-order valence-corrected chi connectivity index (χ1v) is 12.6. The second-order valence-electron chi connectivity index (χ2n) is 10.7. The van der Waals surface area contributed by atoms with Crippen molar-refractivity contribution in [3.05, 3.63) is 58.9 Å². The van der Waals surface area contributed by atoms with Gasteiger partial charge in [0.25, 0.3) is 0 Å². The van der Waals surface area contributed by atoms with Crippen molar-refractivity contribution in [3.63, 3.8) is 0 Å². The lowest BCUT2D eigenvalue weighted by molar-refractivity contribution is 0.177. The summed E-state index contributed by atoms with van der Waals surface area (Å²) in [5.41, 5.74) is 7.63. The zero-order chi connectivity index (χ0) is 24.9. The smallest absolute Gasteiger partial charge is 0.157 e. The normalized spacial score (nSPS) is 16.8. The zero-order valence-electron chi connectivity index (χ0n) is 21.4. The van der Waals surface area contributed by atoms with E-state index in [-0.39, 0.29) is 5.41 Å². The molecule has 0 atom stereocenters. The van der Waals surface area contributed by atoms with Crippen LogP contribution in [0.2, 0.25) is 0 Å². The summed E-state index contributed by atoms with van der Waals surface area (Å²) in [7, 11) is 1.69. The Morgan fingerprint density at radius 3 is 2.89 bits per heavy atom. The minimum absolute atomic E-state index is 0.234. The molecule has 1 N–H and O–H groups in total. The Morgan fingerprint density at radius 2 is 2.03 bits per heavy atom. The van der Waals surface area contributed by atoms with Gasteiger partial charge in [0.1, 0.15) is 36.1 Å². The lowest BCUT2D eigenvalue weighted by atomic mass is 9.76. The fraction of sp³-hybridized carbons (Fsp3) is 0.429. The predicted molar refractivity (Wildman–Crippen MR) is 139 cm³/mol. The average molecular weight is 485 g/mol. The van der Waals surface area contributed by atoms with Crippen molar-refractivity contribution in [2.24, 2.45) is 5.41 Å². The Hall–Kier alpha value is -3.52. The molecule has 4 heterocycles. The number of nitrogens with one attached hydrogen (secondary N) is 1. The van der Waals surface area contributed by atoms with Gasteiger partial charge in [-0.1, -0.05) is 19.9 Å². The van der Waals surface area contributed by atoms with E-state index in [0.717, 1.165) is 83.4 Å². The molecule has 186 valence electrons. The highest BCUT2D eigenvalue weighted by molar-refractivity contribution is 5.78. The molecular weight excluding hydrogens is 452 g/mol. The van der Waals surface area contributed by atoms with Crippen molar-refractivity contribution in [1.29, 1.82) is 0 Å². The van der Waals surface area contributed by atoms with Crippen LogP contribution in [0.4, 0.5) is 5.82 Å². The number of hydrogen-bond acceptors (Lipinski definition) is 7. The molecule has 0 spiro atoms. The van der Waals surface area contributed by atoms with Crippen LogP contribution in [0, 0.1) is 12.3 Å². The molecule has 0 fully saturated rings. The van der Waals surface area contributed by atoms with Crippen molar-refractivity contribution in [1.82, 2.24) is 24.9 Å². The van der Waals surface area contributed by atoms with Crippen LogP contribution in [0.1, 0.15) is 48.7 Å². The molecule has 0 saturated heterocycles. The van der Waals surface area contributed by atoms with Crippen LogP contribution < -0.4 is 9.64 Å². The summed E-state index contributed by atoms with van der Waals surface area (Å²) in [6.07, 6.45) is 4.98. The van der Waals surface area contributed by atoms with Crippen molar-refractivity contribution < 1.29 is 9.47 Å². The van der Waals surface area contributed by atoms with E-state index in [0.29, 0.717) is 13.2 Å². The fourth-order valence-electron chi connectivity index (χ4n) is 5.36. The highest BCUT2D eigenvalue weighted by atomic mass is 16.5. The van der Waals surface area contributed by atoms with Gasteiger partial charge in [-0.15, -0.1) is 0 Å². The number of ether oxygens (including phenoxy) is 2. The minimum atomic E-state index is 0.234. The highest BCUT2D eigenvalue weighted by Crippen LogP contribution is 2.39. The van der Waals surface area contributed by atoms with Gasteiger partial charge >= 0.3 is 0 Å². The predicted octanol–water partition coefficient (Wildman–Crippen LogP) is 4.78. The molecule has 0 bridgehead atoms. The van der Waals surface area contributed by atoms with Crippen molar-refractivity contribution in [3.8, 4) is 16.9 Å². The summed E-state index contributed by atoms with van der Waals surface area (Å²) in [6.45, 7) is 9.12. The highest BCUT2D eigenvalue weighted by Gasteiger charge is 2.31. The molecule has 4 aromatic rings. The number of anilines is 1. The maximum Gasteiger partial charge on any atom is 0.157 e. The maximum absolute atomic E-state index is 6.18. The summed E-state index contributed by atoms with van der Waals surface area (Å²) in [4.78, 5) is 24.5. The van der Waals surface area contributed by atoms with Gasteiger partial charge in [-0.25, -0.2) is 19.9 Å². The molecular formula is C28H32N6O2. The second kappa shape index (κ2) is 8.85. The molecule has 1 aromatic carbocycles. The lowest BCUT2D eigenvalue weighted by Gasteiger charge is -2.34. The molecule has 8 heteroatoms. The van der Waals surface area contributed by atoms with Crippen LogP contribution in [-0.4, -0.2) is 45.2 Å². The number of aryl methyl sites for hydroxylation is 2. The van der Waals surface area contributed by atoms with Crippen LogP contribution in [0.5, 0.6) is 5.75 Å². The van der Waals surface area contributed by atoms with E-state index in [1.165, 1.54) is 11.3 Å². The van der Waals surface area contributed by atoms with Gasteiger partial charge in [-0.2, -0.15) is 0 Å². The summed E-state index contributed by atoms with van der Waals surface area (Å²) < 4.78 is 11.6. The molecule has 0 unspecified atom stereocenters. The minimum Gasteiger partial charge on any atom is -0.491 e. The first-order valence-electron chi connectivity index (χ1n) is 12.6. The molecule has 0 saturated carbocycles. The SMILES string of the molecule is COCc1nc2c(c(N3CCOc4ccc(-c5cnc6[nH]c(C)nc6c5)cc4C3)n1)CC(C)(C)CC2. The van der Waals surface area contributed by atoms with E-state index in [1.54, 1.807) is 7.11 Å². The number of rotatable bonds is 4.